The summed E-state index contributed by atoms with van der Waals surface area (Å²) in [5.74, 6) is -1.38. The highest BCUT2D eigenvalue weighted by molar-refractivity contribution is 7.98. The van der Waals surface area contributed by atoms with Crippen LogP contribution >= 0.6 is 11.8 Å². The fourth-order valence-electron chi connectivity index (χ4n) is 3.44. The predicted octanol–water partition coefficient (Wildman–Crippen LogP) is 3.34. The molecule has 1 heterocycles. The largest absolute Gasteiger partial charge is 0.465 e. The molecule has 7 nitrogen and oxygen atoms in total. The Hall–Kier alpha value is -2.36. The van der Waals surface area contributed by atoms with Gasteiger partial charge in [0.2, 0.25) is 10.0 Å². The Kier molecular flexibility index (Phi) is 7.74. The summed E-state index contributed by atoms with van der Waals surface area (Å²) in [6.45, 7) is 0.554. The normalized spacial score (nSPS) is 15.4. The van der Waals surface area contributed by atoms with E-state index in [0.29, 0.717) is 12.8 Å². The minimum Gasteiger partial charge on any atom is -0.465 e. The zero-order valence-corrected chi connectivity index (χ0v) is 19.1. The number of hydrogen-bond donors (Lipinski definition) is 0. The number of esters is 2. The topological polar surface area (TPSA) is 90.0 Å². The van der Waals surface area contributed by atoms with E-state index in [0.717, 1.165) is 10.5 Å². The molecule has 166 valence electrons. The highest BCUT2D eigenvalue weighted by atomic mass is 32.2. The summed E-state index contributed by atoms with van der Waals surface area (Å²) >= 11 is 1.64. The SMILES string of the molecule is COC(=O)c1ccccc1S(=O)(=O)N1CCC(C(=O)OCc2ccc(SC)cc2)CC1. The number of benzene rings is 2. The second-order valence-corrected chi connectivity index (χ2v) is 9.91. The third-order valence-electron chi connectivity index (χ3n) is 5.24. The van der Waals surface area contributed by atoms with E-state index in [-0.39, 0.29) is 42.0 Å². The summed E-state index contributed by atoms with van der Waals surface area (Å²) in [4.78, 5) is 25.5. The molecule has 0 radical (unpaired) electrons. The number of thioether (sulfide) groups is 1. The van der Waals surface area contributed by atoms with Crippen LogP contribution in [0, 0.1) is 5.92 Å². The third kappa shape index (κ3) is 5.47. The van der Waals surface area contributed by atoms with Crippen molar-refractivity contribution in [1.82, 2.24) is 4.31 Å². The van der Waals surface area contributed by atoms with Gasteiger partial charge >= 0.3 is 11.9 Å². The molecule has 3 rings (SSSR count). The molecule has 1 fully saturated rings. The summed E-state index contributed by atoms with van der Waals surface area (Å²) < 4.78 is 37.6. The Morgan fingerprint density at radius 2 is 1.71 bits per heavy atom. The van der Waals surface area contributed by atoms with Gasteiger partial charge in [-0.05, 0) is 48.9 Å². The molecule has 0 aromatic heterocycles. The number of ether oxygens (including phenoxy) is 2. The molecule has 0 saturated carbocycles. The van der Waals surface area contributed by atoms with E-state index < -0.39 is 16.0 Å². The molecule has 0 amide bonds. The molecule has 0 spiro atoms. The van der Waals surface area contributed by atoms with Gasteiger partial charge in [0, 0.05) is 18.0 Å². The number of carbonyl (C=O) groups excluding carboxylic acids is 2. The van der Waals surface area contributed by atoms with E-state index in [9.17, 15) is 18.0 Å². The first kappa shape index (κ1) is 23.3. The first-order valence-electron chi connectivity index (χ1n) is 9.84. The number of methoxy groups -OCH3 is 1. The summed E-state index contributed by atoms with van der Waals surface area (Å²) in [6.07, 6.45) is 2.73. The number of hydrogen-bond acceptors (Lipinski definition) is 7. The van der Waals surface area contributed by atoms with Crippen LogP contribution in [0.4, 0.5) is 0 Å². The quantitative estimate of drug-likeness (QED) is 0.459. The van der Waals surface area contributed by atoms with Gasteiger partial charge in [-0.1, -0.05) is 24.3 Å². The van der Waals surface area contributed by atoms with Crippen LogP contribution in [0.2, 0.25) is 0 Å². The predicted molar refractivity (Wildman–Crippen MR) is 117 cm³/mol. The minimum absolute atomic E-state index is 0.000903. The maximum atomic E-state index is 13.1. The molecule has 1 aliphatic heterocycles. The van der Waals surface area contributed by atoms with Crippen molar-refractivity contribution >= 4 is 33.7 Å². The Balaban J connectivity index is 1.59. The summed E-state index contributed by atoms with van der Waals surface area (Å²) in [5.41, 5.74) is 0.907. The second kappa shape index (κ2) is 10.3. The molecule has 9 heteroatoms. The van der Waals surface area contributed by atoms with Crippen molar-refractivity contribution in [3.8, 4) is 0 Å². The van der Waals surface area contributed by atoms with Crippen LogP contribution < -0.4 is 0 Å². The lowest BCUT2D eigenvalue weighted by Gasteiger charge is -2.30. The molecule has 0 aliphatic carbocycles. The molecule has 2 aromatic rings. The third-order valence-corrected chi connectivity index (χ3v) is 7.94. The van der Waals surface area contributed by atoms with Gasteiger partial charge in [-0.15, -0.1) is 11.8 Å². The standard InChI is InChI=1S/C22H25NO6S2/c1-28-22(25)19-5-3-4-6-20(19)31(26,27)23-13-11-17(12-14-23)21(24)29-15-16-7-9-18(30-2)10-8-16/h3-10,17H,11-15H2,1-2H3. The lowest BCUT2D eigenvalue weighted by atomic mass is 9.98. The van der Waals surface area contributed by atoms with Crippen LogP contribution in [0.15, 0.2) is 58.3 Å². The summed E-state index contributed by atoms with van der Waals surface area (Å²) in [5, 5.41) is 0. The van der Waals surface area contributed by atoms with Crippen LogP contribution in [-0.2, 0) is 30.9 Å². The Morgan fingerprint density at radius 3 is 2.32 bits per heavy atom. The zero-order chi connectivity index (χ0) is 22.4. The van der Waals surface area contributed by atoms with Crippen LogP contribution in [0.5, 0.6) is 0 Å². The van der Waals surface area contributed by atoms with E-state index in [1.54, 1.807) is 23.9 Å². The number of piperidine rings is 1. The van der Waals surface area contributed by atoms with Gasteiger partial charge in [-0.25, -0.2) is 13.2 Å². The van der Waals surface area contributed by atoms with Crippen LogP contribution in [0.3, 0.4) is 0 Å². The fraction of sp³-hybridized carbons (Fsp3) is 0.364. The molecule has 1 aliphatic rings. The van der Waals surface area contributed by atoms with Crippen molar-refractivity contribution in [2.75, 3.05) is 26.5 Å². The smallest absolute Gasteiger partial charge is 0.339 e. The van der Waals surface area contributed by atoms with E-state index in [4.69, 9.17) is 9.47 Å². The molecule has 0 bridgehead atoms. The van der Waals surface area contributed by atoms with E-state index in [1.165, 1.54) is 23.5 Å². The van der Waals surface area contributed by atoms with Crippen molar-refractivity contribution in [3.05, 3.63) is 59.7 Å². The maximum absolute atomic E-state index is 13.1. The first-order chi connectivity index (χ1) is 14.9. The Labute approximate surface area is 186 Å². The molecule has 0 N–H and O–H groups in total. The monoisotopic (exact) mass is 463 g/mol. The average Bonchev–Trinajstić information content (AvgIpc) is 2.82. The van der Waals surface area contributed by atoms with Gasteiger partial charge in [0.05, 0.1) is 23.5 Å². The summed E-state index contributed by atoms with van der Waals surface area (Å²) in [7, 11) is -2.67. The van der Waals surface area contributed by atoms with E-state index in [1.807, 2.05) is 30.5 Å². The van der Waals surface area contributed by atoms with Crippen molar-refractivity contribution < 1.29 is 27.5 Å². The van der Waals surface area contributed by atoms with Gasteiger partial charge in [-0.3, -0.25) is 4.79 Å². The highest BCUT2D eigenvalue weighted by Gasteiger charge is 2.34. The van der Waals surface area contributed by atoms with E-state index in [2.05, 4.69) is 0 Å². The average molecular weight is 464 g/mol. The van der Waals surface area contributed by atoms with Gasteiger partial charge < -0.3 is 9.47 Å². The van der Waals surface area contributed by atoms with Crippen LogP contribution in [0.1, 0.15) is 28.8 Å². The minimum atomic E-state index is -3.88. The Morgan fingerprint density at radius 1 is 1.06 bits per heavy atom. The fourth-order valence-corrected chi connectivity index (χ4v) is 5.49. The molecular formula is C22H25NO6S2. The van der Waals surface area contributed by atoms with Crippen LogP contribution in [-0.4, -0.2) is 51.1 Å². The molecule has 0 atom stereocenters. The maximum Gasteiger partial charge on any atom is 0.339 e. The molecule has 0 unspecified atom stereocenters. The van der Waals surface area contributed by atoms with Crippen molar-refractivity contribution in [2.45, 2.75) is 29.2 Å². The van der Waals surface area contributed by atoms with Crippen LogP contribution in [0.25, 0.3) is 0 Å². The second-order valence-electron chi connectivity index (χ2n) is 7.12. The molecule has 2 aromatic carbocycles. The number of nitrogens with zero attached hydrogens (tertiary/aromatic N) is 1. The Bertz CT molecular complexity index is 1030. The number of sulfonamides is 1. The van der Waals surface area contributed by atoms with Crippen molar-refractivity contribution in [2.24, 2.45) is 5.92 Å². The summed E-state index contributed by atoms with van der Waals surface area (Å²) in [6, 6.07) is 13.8. The highest BCUT2D eigenvalue weighted by Crippen LogP contribution is 2.27. The van der Waals surface area contributed by atoms with Gasteiger partial charge in [0.25, 0.3) is 0 Å². The van der Waals surface area contributed by atoms with Gasteiger partial charge in [0.15, 0.2) is 0 Å². The van der Waals surface area contributed by atoms with E-state index >= 15 is 0 Å². The lowest BCUT2D eigenvalue weighted by molar-refractivity contribution is -0.151. The molecule has 1 saturated heterocycles. The lowest BCUT2D eigenvalue weighted by Crippen LogP contribution is -2.41. The van der Waals surface area contributed by atoms with Gasteiger partial charge in [0.1, 0.15) is 6.61 Å². The number of carbonyl (C=O) groups is 2. The van der Waals surface area contributed by atoms with Crippen molar-refractivity contribution in [1.29, 1.82) is 0 Å². The zero-order valence-electron chi connectivity index (χ0n) is 17.4. The molecule has 31 heavy (non-hydrogen) atoms. The van der Waals surface area contributed by atoms with Crippen molar-refractivity contribution in [3.63, 3.8) is 0 Å². The molecular weight excluding hydrogens is 438 g/mol. The first-order valence-corrected chi connectivity index (χ1v) is 12.5. The number of rotatable bonds is 7. The van der Waals surface area contributed by atoms with Gasteiger partial charge in [-0.2, -0.15) is 4.31 Å².